The lowest BCUT2D eigenvalue weighted by Gasteiger charge is -2.09. The Morgan fingerprint density at radius 1 is 1.46 bits per heavy atom. The van der Waals surface area contributed by atoms with Gasteiger partial charge in [-0.2, -0.15) is 5.10 Å². The summed E-state index contributed by atoms with van der Waals surface area (Å²) in [6.45, 7) is 0. The van der Waals surface area contributed by atoms with Gasteiger partial charge in [0.2, 0.25) is 0 Å². The van der Waals surface area contributed by atoms with Gasteiger partial charge in [-0.3, -0.25) is 4.79 Å². The second kappa shape index (κ2) is 3.20. The molecule has 1 aliphatic carbocycles. The minimum atomic E-state index is -0.156. The number of hydrogen-bond acceptors (Lipinski definition) is 3. The number of nitrogen functional groups attached to an aromatic ring is 1. The standard InChI is InChI=1S/C9H13N3O/c10-9-7(5-8(13)11-12-9)6-3-1-2-4-6/h5-6H,1-4H2,(H2,10,12)(H,11,13). The molecule has 4 nitrogen and oxygen atoms in total. The number of aromatic amines is 1. The van der Waals surface area contributed by atoms with Crippen molar-refractivity contribution in [3.8, 4) is 0 Å². The lowest BCUT2D eigenvalue weighted by Crippen LogP contribution is -2.13. The van der Waals surface area contributed by atoms with Gasteiger partial charge in [0, 0.05) is 11.6 Å². The Hall–Kier alpha value is -1.32. The Bertz CT molecular complexity index is 352. The van der Waals surface area contributed by atoms with Gasteiger partial charge in [-0.05, 0) is 18.8 Å². The first-order chi connectivity index (χ1) is 6.27. The quantitative estimate of drug-likeness (QED) is 0.675. The summed E-state index contributed by atoms with van der Waals surface area (Å²) < 4.78 is 0. The molecule has 1 heterocycles. The highest BCUT2D eigenvalue weighted by molar-refractivity contribution is 5.39. The Labute approximate surface area is 76.2 Å². The molecule has 1 saturated carbocycles. The molecule has 0 radical (unpaired) electrons. The predicted octanol–water partition coefficient (Wildman–Crippen LogP) is 1.01. The van der Waals surface area contributed by atoms with Crippen LogP contribution in [0.2, 0.25) is 0 Å². The molecule has 70 valence electrons. The van der Waals surface area contributed by atoms with E-state index in [1.165, 1.54) is 12.8 Å². The van der Waals surface area contributed by atoms with Gasteiger partial charge in [-0.1, -0.05) is 12.8 Å². The van der Waals surface area contributed by atoms with Gasteiger partial charge >= 0.3 is 0 Å². The van der Waals surface area contributed by atoms with Gasteiger partial charge in [-0.25, -0.2) is 5.10 Å². The SMILES string of the molecule is Nc1n[nH]c(=O)cc1C1CCCC1. The second-order valence-corrected chi connectivity index (χ2v) is 3.55. The van der Waals surface area contributed by atoms with Crippen LogP contribution >= 0.6 is 0 Å². The van der Waals surface area contributed by atoms with E-state index in [0.29, 0.717) is 11.7 Å². The molecule has 0 bridgehead atoms. The first-order valence-electron chi connectivity index (χ1n) is 4.62. The van der Waals surface area contributed by atoms with E-state index < -0.39 is 0 Å². The van der Waals surface area contributed by atoms with Crippen LogP contribution in [0.1, 0.15) is 37.2 Å². The molecule has 3 N–H and O–H groups in total. The van der Waals surface area contributed by atoms with Gasteiger partial charge < -0.3 is 5.73 Å². The molecule has 0 amide bonds. The fourth-order valence-electron chi connectivity index (χ4n) is 1.99. The smallest absolute Gasteiger partial charge is 0.264 e. The number of nitrogens with zero attached hydrogens (tertiary/aromatic N) is 1. The average Bonchev–Trinajstić information content (AvgIpc) is 2.61. The molecule has 2 rings (SSSR count). The van der Waals surface area contributed by atoms with Crippen molar-refractivity contribution in [1.82, 2.24) is 10.2 Å². The first kappa shape index (κ1) is 8.29. The highest BCUT2D eigenvalue weighted by Gasteiger charge is 2.19. The molecule has 0 spiro atoms. The molecule has 0 aromatic carbocycles. The molecule has 0 unspecified atom stereocenters. The summed E-state index contributed by atoms with van der Waals surface area (Å²) in [7, 11) is 0. The third kappa shape index (κ3) is 1.56. The highest BCUT2D eigenvalue weighted by atomic mass is 16.1. The van der Waals surface area contributed by atoms with Crippen molar-refractivity contribution in [2.45, 2.75) is 31.6 Å². The largest absolute Gasteiger partial charge is 0.382 e. The average molecular weight is 179 g/mol. The van der Waals surface area contributed by atoms with E-state index in [2.05, 4.69) is 10.2 Å². The molecule has 0 atom stereocenters. The van der Waals surface area contributed by atoms with Crippen LogP contribution in [0.25, 0.3) is 0 Å². The summed E-state index contributed by atoms with van der Waals surface area (Å²) >= 11 is 0. The van der Waals surface area contributed by atoms with Gasteiger partial charge in [-0.15, -0.1) is 0 Å². The van der Waals surface area contributed by atoms with Crippen LogP contribution in [0.4, 0.5) is 5.82 Å². The Kier molecular flexibility index (Phi) is 2.04. The summed E-state index contributed by atoms with van der Waals surface area (Å²) in [5.41, 5.74) is 6.46. The van der Waals surface area contributed by atoms with Crippen molar-refractivity contribution in [2.24, 2.45) is 0 Å². The number of hydrogen-bond donors (Lipinski definition) is 2. The van der Waals surface area contributed by atoms with Crippen LogP contribution in [-0.2, 0) is 0 Å². The van der Waals surface area contributed by atoms with E-state index in [1.54, 1.807) is 6.07 Å². The first-order valence-corrected chi connectivity index (χ1v) is 4.62. The second-order valence-electron chi connectivity index (χ2n) is 3.55. The number of nitrogens with two attached hydrogens (primary N) is 1. The van der Waals surface area contributed by atoms with Crippen LogP contribution < -0.4 is 11.3 Å². The fourth-order valence-corrected chi connectivity index (χ4v) is 1.99. The Morgan fingerprint density at radius 3 is 2.85 bits per heavy atom. The third-order valence-electron chi connectivity index (χ3n) is 2.66. The summed E-state index contributed by atoms with van der Waals surface area (Å²) in [5, 5.41) is 6.10. The zero-order chi connectivity index (χ0) is 9.26. The van der Waals surface area contributed by atoms with Gasteiger partial charge in [0.1, 0.15) is 5.82 Å². The fraction of sp³-hybridized carbons (Fsp3) is 0.556. The molecule has 0 saturated heterocycles. The van der Waals surface area contributed by atoms with Crippen molar-refractivity contribution in [1.29, 1.82) is 0 Å². The normalized spacial score (nSPS) is 17.8. The highest BCUT2D eigenvalue weighted by Crippen LogP contribution is 2.35. The van der Waals surface area contributed by atoms with Crippen LogP contribution in [0, 0.1) is 0 Å². The van der Waals surface area contributed by atoms with Crippen LogP contribution in [0.15, 0.2) is 10.9 Å². The number of aromatic nitrogens is 2. The third-order valence-corrected chi connectivity index (χ3v) is 2.66. The summed E-state index contributed by atoms with van der Waals surface area (Å²) in [5.74, 6) is 0.932. The molecule has 4 heteroatoms. The maximum Gasteiger partial charge on any atom is 0.264 e. The van der Waals surface area contributed by atoms with Crippen molar-refractivity contribution in [3.05, 3.63) is 22.0 Å². The lowest BCUT2D eigenvalue weighted by molar-refractivity contribution is 0.715. The number of anilines is 1. The van der Waals surface area contributed by atoms with Crippen LogP contribution in [0.5, 0.6) is 0 Å². The zero-order valence-corrected chi connectivity index (χ0v) is 7.42. The molecule has 1 aliphatic rings. The van der Waals surface area contributed by atoms with Crippen molar-refractivity contribution >= 4 is 5.82 Å². The predicted molar refractivity (Wildman–Crippen MR) is 50.5 cm³/mol. The Balaban J connectivity index is 2.37. The monoisotopic (exact) mass is 179 g/mol. The summed E-state index contributed by atoms with van der Waals surface area (Å²) in [6.07, 6.45) is 4.73. The van der Waals surface area contributed by atoms with Crippen molar-refractivity contribution < 1.29 is 0 Å². The van der Waals surface area contributed by atoms with E-state index >= 15 is 0 Å². The molecule has 1 aromatic heterocycles. The minimum absolute atomic E-state index is 0.156. The molecule has 0 aliphatic heterocycles. The van der Waals surface area contributed by atoms with Gasteiger partial charge in [0.25, 0.3) is 5.56 Å². The molecular weight excluding hydrogens is 166 g/mol. The molecule has 13 heavy (non-hydrogen) atoms. The van der Waals surface area contributed by atoms with E-state index in [0.717, 1.165) is 18.4 Å². The van der Waals surface area contributed by atoms with Gasteiger partial charge in [0.05, 0.1) is 0 Å². The molecule has 1 fully saturated rings. The topological polar surface area (TPSA) is 71.8 Å². The minimum Gasteiger partial charge on any atom is -0.382 e. The zero-order valence-electron chi connectivity index (χ0n) is 7.42. The van der Waals surface area contributed by atoms with E-state index in [-0.39, 0.29) is 5.56 Å². The van der Waals surface area contributed by atoms with E-state index in [9.17, 15) is 4.79 Å². The van der Waals surface area contributed by atoms with Crippen LogP contribution in [0.3, 0.4) is 0 Å². The molecule has 1 aromatic rings. The lowest BCUT2D eigenvalue weighted by atomic mass is 9.99. The number of nitrogens with one attached hydrogen (secondary N) is 1. The van der Waals surface area contributed by atoms with Gasteiger partial charge in [0.15, 0.2) is 0 Å². The number of rotatable bonds is 1. The van der Waals surface area contributed by atoms with Crippen LogP contribution in [-0.4, -0.2) is 10.2 Å². The Morgan fingerprint density at radius 2 is 2.15 bits per heavy atom. The number of H-pyrrole nitrogens is 1. The summed E-state index contributed by atoms with van der Waals surface area (Å²) in [4.78, 5) is 11.0. The maximum absolute atomic E-state index is 11.0. The molecular formula is C9H13N3O. The van der Waals surface area contributed by atoms with E-state index in [1.807, 2.05) is 0 Å². The summed E-state index contributed by atoms with van der Waals surface area (Å²) in [6, 6.07) is 1.58. The van der Waals surface area contributed by atoms with Crippen molar-refractivity contribution in [3.63, 3.8) is 0 Å². The van der Waals surface area contributed by atoms with E-state index in [4.69, 9.17) is 5.73 Å². The maximum atomic E-state index is 11.0. The van der Waals surface area contributed by atoms with Crippen molar-refractivity contribution in [2.75, 3.05) is 5.73 Å².